The van der Waals surface area contributed by atoms with Gasteiger partial charge in [0, 0.05) is 23.5 Å². The molecule has 8 heteroatoms. The maximum atomic E-state index is 13.6. The zero-order valence-corrected chi connectivity index (χ0v) is 20.3. The molecule has 0 fully saturated rings. The Morgan fingerprint density at radius 1 is 1.03 bits per heavy atom. The molecule has 3 rings (SSSR count). The quantitative estimate of drug-likeness (QED) is 0.397. The van der Waals surface area contributed by atoms with Crippen LogP contribution < -0.4 is 14.4 Å². The van der Waals surface area contributed by atoms with Crippen molar-refractivity contribution in [2.45, 2.75) is 18.7 Å². The molecular formula is C23H29N3O3S2. The number of carbonyl (C=O) groups excluding carboxylic acids is 1. The molecule has 0 bridgehead atoms. The summed E-state index contributed by atoms with van der Waals surface area (Å²) in [5, 5.41) is 0.701. The van der Waals surface area contributed by atoms with Crippen LogP contribution in [-0.4, -0.2) is 62.4 Å². The van der Waals surface area contributed by atoms with Crippen molar-refractivity contribution in [1.29, 1.82) is 0 Å². The van der Waals surface area contributed by atoms with E-state index in [2.05, 4.69) is 23.3 Å². The molecular weight excluding hydrogens is 430 g/mol. The highest BCUT2D eigenvalue weighted by molar-refractivity contribution is 7.98. The highest BCUT2D eigenvalue weighted by Gasteiger charge is 2.23. The molecule has 1 amide bonds. The van der Waals surface area contributed by atoms with E-state index in [1.165, 1.54) is 4.90 Å². The molecule has 0 unspecified atom stereocenters. The van der Waals surface area contributed by atoms with Gasteiger partial charge in [0.25, 0.3) is 5.91 Å². The zero-order valence-electron chi connectivity index (χ0n) is 18.7. The minimum absolute atomic E-state index is 0.102. The number of likely N-dealkylation sites (N-methyl/N-ethyl adjacent to an activating group) is 1. The van der Waals surface area contributed by atoms with Gasteiger partial charge in [-0.1, -0.05) is 11.3 Å². The van der Waals surface area contributed by atoms with Crippen LogP contribution in [0, 0.1) is 0 Å². The number of hydrogen-bond donors (Lipinski definition) is 0. The fourth-order valence-electron chi connectivity index (χ4n) is 3.06. The second-order valence-corrected chi connectivity index (χ2v) is 9.01. The Balaban J connectivity index is 1.98. The van der Waals surface area contributed by atoms with Crippen LogP contribution >= 0.6 is 23.1 Å². The van der Waals surface area contributed by atoms with E-state index in [1.54, 1.807) is 46.2 Å². The van der Waals surface area contributed by atoms with Gasteiger partial charge in [-0.25, -0.2) is 4.98 Å². The first kappa shape index (κ1) is 23.4. The number of thiazole rings is 1. The molecule has 0 N–H and O–H groups in total. The van der Waals surface area contributed by atoms with E-state index >= 15 is 0 Å². The molecule has 0 saturated heterocycles. The average Bonchev–Trinajstić information content (AvgIpc) is 3.17. The Hall–Kier alpha value is -2.29. The van der Waals surface area contributed by atoms with Crippen molar-refractivity contribution in [2.75, 3.05) is 51.6 Å². The smallest absolute Gasteiger partial charge is 0.260 e. The number of benzene rings is 2. The maximum Gasteiger partial charge on any atom is 0.260 e. The number of anilines is 1. The monoisotopic (exact) mass is 459 g/mol. The molecule has 0 atom stereocenters. The van der Waals surface area contributed by atoms with Crippen molar-refractivity contribution >= 4 is 44.4 Å². The number of ether oxygens (including phenoxy) is 2. The van der Waals surface area contributed by atoms with Gasteiger partial charge in [-0.15, -0.1) is 11.8 Å². The van der Waals surface area contributed by atoms with Crippen molar-refractivity contribution in [3.05, 3.63) is 42.0 Å². The first-order chi connectivity index (χ1) is 15.0. The summed E-state index contributed by atoms with van der Waals surface area (Å²) in [6.45, 7) is 6.14. The van der Waals surface area contributed by atoms with Gasteiger partial charge in [0.05, 0.1) is 23.4 Å². The predicted octanol–water partition coefficient (Wildman–Crippen LogP) is 5.02. The molecule has 166 valence electrons. The molecule has 6 nitrogen and oxygen atoms in total. The number of nitrogens with zero attached hydrogens (tertiary/aromatic N) is 3. The molecule has 0 aliphatic heterocycles. The molecule has 31 heavy (non-hydrogen) atoms. The summed E-state index contributed by atoms with van der Waals surface area (Å²) in [4.78, 5) is 23.3. The lowest BCUT2D eigenvalue weighted by Crippen LogP contribution is -2.36. The van der Waals surface area contributed by atoms with Crippen LogP contribution in [-0.2, 0) is 0 Å². The number of thioether (sulfide) groups is 1. The average molecular weight is 460 g/mol. The van der Waals surface area contributed by atoms with E-state index in [0.29, 0.717) is 42.0 Å². The van der Waals surface area contributed by atoms with Gasteiger partial charge < -0.3 is 14.4 Å². The van der Waals surface area contributed by atoms with Crippen molar-refractivity contribution in [3.8, 4) is 11.5 Å². The number of aromatic nitrogens is 1. The van der Waals surface area contributed by atoms with Gasteiger partial charge in [-0.05, 0) is 70.6 Å². The van der Waals surface area contributed by atoms with Gasteiger partial charge >= 0.3 is 0 Å². The number of amides is 1. The van der Waals surface area contributed by atoms with Crippen molar-refractivity contribution in [1.82, 2.24) is 9.88 Å². The summed E-state index contributed by atoms with van der Waals surface area (Å²) in [6, 6.07) is 11.5. The number of rotatable bonds is 10. The lowest BCUT2D eigenvalue weighted by Gasteiger charge is -2.22. The van der Waals surface area contributed by atoms with Crippen LogP contribution in [0.1, 0.15) is 24.2 Å². The molecule has 3 aromatic rings. The number of hydrogen-bond acceptors (Lipinski definition) is 7. The number of carbonyl (C=O) groups is 1. The molecule has 0 aliphatic rings. The standard InChI is InChI=1S/C23H29N3O3S2/c1-6-28-19-11-8-16(14-20(19)29-7-2)22(27)26(13-12-25(3)4)23-24-18-10-9-17(30-5)15-21(18)31-23/h8-11,14-15H,6-7,12-13H2,1-5H3. The minimum Gasteiger partial charge on any atom is -0.490 e. The third kappa shape index (κ3) is 5.70. The second kappa shape index (κ2) is 10.8. The number of fused-ring (bicyclic) bond motifs is 1. The second-order valence-electron chi connectivity index (χ2n) is 7.12. The summed E-state index contributed by atoms with van der Waals surface area (Å²) in [6.07, 6.45) is 2.05. The Kier molecular flexibility index (Phi) is 8.17. The Morgan fingerprint density at radius 2 is 1.77 bits per heavy atom. The predicted molar refractivity (Wildman–Crippen MR) is 130 cm³/mol. The van der Waals surface area contributed by atoms with Crippen LogP contribution in [0.25, 0.3) is 10.2 Å². The van der Waals surface area contributed by atoms with Gasteiger partial charge in [0.15, 0.2) is 16.6 Å². The molecule has 0 radical (unpaired) electrons. The van der Waals surface area contributed by atoms with Crippen molar-refractivity contribution < 1.29 is 14.3 Å². The van der Waals surface area contributed by atoms with E-state index in [1.807, 2.05) is 34.0 Å². The van der Waals surface area contributed by atoms with Gasteiger partial charge in [0.2, 0.25) is 0 Å². The SMILES string of the molecule is CCOc1ccc(C(=O)N(CCN(C)C)c2nc3ccc(SC)cc3s2)cc1OCC. The van der Waals surface area contributed by atoms with E-state index in [4.69, 9.17) is 14.5 Å². The third-order valence-electron chi connectivity index (χ3n) is 4.62. The minimum atomic E-state index is -0.102. The summed E-state index contributed by atoms with van der Waals surface area (Å²) in [5.41, 5.74) is 1.46. The molecule has 1 aromatic heterocycles. The van der Waals surface area contributed by atoms with Gasteiger partial charge in [0.1, 0.15) is 0 Å². The van der Waals surface area contributed by atoms with Crippen LogP contribution in [0.15, 0.2) is 41.3 Å². The van der Waals surface area contributed by atoms with E-state index < -0.39 is 0 Å². The Bertz CT molecular complexity index is 1040. The largest absolute Gasteiger partial charge is 0.490 e. The van der Waals surface area contributed by atoms with Gasteiger partial charge in [-0.3, -0.25) is 9.69 Å². The van der Waals surface area contributed by atoms with E-state index in [9.17, 15) is 4.79 Å². The van der Waals surface area contributed by atoms with Crippen molar-refractivity contribution in [3.63, 3.8) is 0 Å². The third-order valence-corrected chi connectivity index (χ3v) is 6.39. The van der Waals surface area contributed by atoms with Crippen molar-refractivity contribution in [2.24, 2.45) is 0 Å². The molecule has 2 aromatic carbocycles. The molecule has 0 aliphatic carbocycles. The lowest BCUT2D eigenvalue weighted by molar-refractivity contribution is 0.0984. The topological polar surface area (TPSA) is 54.9 Å². The Labute approximate surface area is 192 Å². The van der Waals surface area contributed by atoms with Crippen LogP contribution in [0.2, 0.25) is 0 Å². The summed E-state index contributed by atoms with van der Waals surface area (Å²) in [5.74, 6) is 1.12. The fourth-order valence-corrected chi connectivity index (χ4v) is 4.60. The first-order valence-electron chi connectivity index (χ1n) is 10.3. The molecule has 1 heterocycles. The maximum absolute atomic E-state index is 13.6. The van der Waals surface area contributed by atoms with Crippen LogP contribution in [0.3, 0.4) is 0 Å². The van der Waals surface area contributed by atoms with E-state index in [0.717, 1.165) is 16.8 Å². The summed E-state index contributed by atoms with van der Waals surface area (Å²) in [7, 11) is 3.99. The van der Waals surface area contributed by atoms with Crippen LogP contribution in [0.5, 0.6) is 11.5 Å². The molecule has 0 spiro atoms. The van der Waals surface area contributed by atoms with E-state index in [-0.39, 0.29) is 5.91 Å². The van der Waals surface area contributed by atoms with Crippen LogP contribution in [0.4, 0.5) is 5.13 Å². The fraction of sp³-hybridized carbons (Fsp3) is 0.391. The highest BCUT2D eigenvalue weighted by atomic mass is 32.2. The zero-order chi connectivity index (χ0) is 22.4. The van der Waals surface area contributed by atoms with Gasteiger partial charge in [-0.2, -0.15) is 0 Å². The highest BCUT2D eigenvalue weighted by Crippen LogP contribution is 2.34. The normalized spacial score (nSPS) is 11.2. The summed E-state index contributed by atoms with van der Waals surface area (Å²) < 4.78 is 12.4. The molecule has 0 saturated carbocycles. The summed E-state index contributed by atoms with van der Waals surface area (Å²) >= 11 is 3.24. The first-order valence-corrected chi connectivity index (χ1v) is 12.3. The lowest BCUT2D eigenvalue weighted by atomic mass is 10.1. The Morgan fingerprint density at radius 3 is 2.45 bits per heavy atom.